The fourth-order valence-corrected chi connectivity index (χ4v) is 4.89. The molecule has 0 aliphatic rings. The zero-order valence-electron chi connectivity index (χ0n) is 12.4. The van der Waals surface area contributed by atoms with Crippen molar-refractivity contribution < 1.29 is 12.8 Å². The summed E-state index contributed by atoms with van der Waals surface area (Å²) in [6, 6.07) is 0. The minimum atomic E-state index is -3.75. The lowest BCUT2D eigenvalue weighted by Crippen LogP contribution is -2.41. The van der Waals surface area contributed by atoms with Crippen LogP contribution >= 0.6 is 11.3 Å². The third kappa shape index (κ3) is 3.03. The molecular weight excluding hydrogens is 310 g/mol. The Hall–Kier alpha value is -1.22. The summed E-state index contributed by atoms with van der Waals surface area (Å²) in [5.41, 5.74) is 5.36. The summed E-state index contributed by atoms with van der Waals surface area (Å²) in [6.07, 6.45) is 1.65. The van der Waals surface area contributed by atoms with E-state index in [1.165, 1.54) is 11.3 Å². The largest absolute Gasteiger partial charge is 0.465 e. The lowest BCUT2D eigenvalue weighted by atomic mass is 10.1. The van der Waals surface area contributed by atoms with Crippen molar-refractivity contribution in [1.29, 1.82) is 0 Å². The van der Waals surface area contributed by atoms with Gasteiger partial charge in [-0.3, -0.25) is 0 Å². The van der Waals surface area contributed by atoms with Crippen molar-refractivity contribution in [3.8, 4) is 0 Å². The Labute approximate surface area is 128 Å². The molecule has 21 heavy (non-hydrogen) atoms. The molecule has 0 atom stereocenters. The Kier molecular flexibility index (Phi) is 4.25. The first kappa shape index (κ1) is 16.2. The number of aryl methyl sites for hydroxylation is 2. The molecule has 0 bridgehead atoms. The number of nitrogens with zero attached hydrogens (tertiary/aromatic N) is 1. The van der Waals surface area contributed by atoms with Gasteiger partial charge in [0, 0.05) is 23.7 Å². The molecule has 0 unspecified atom stereocenters. The maximum Gasteiger partial charge on any atom is 0.245 e. The highest BCUT2D eigenvalue weighted by molar-refractivity contribution is 7.89. The number of aromatic nitrogens is 1. The van der Waals surface area contributed by atoms with Crippen molar-refractivity contribution in [1.82, 2.24) is 9.71 Å². The predicted octanol–water partition coefficient (Wildman–Crippen LogP) is 2.03. The molecule has 2 aromatic heterocycles. The fourth-order valence-electron chi connectivity index (χ4n) is 2.26. The maximum absolute atomic E-state index is 12.7. The summed E-state index contributed by atoms with van der Waals surface area (Å²) >= 11 is 1.40. The van der Waals surface area contributed by atoms with E-state index in [2.05, 4.69) is 9.71 Å². The lowest BCUT2D eigenvalue weighted by molar-refractivity contribution is 0.465. The second-order valence-corrected chi connectivity index (χ2v) is 7.81. The number of sulfonamides is 1. The van der Waals surface area contributed by atoms with Gasteiger partial charge in [0.2, 0.25) is 10.0 Å². The Morgan fingerprint density at radius 1 is 1.38 bits per heavy atom. The minimum absolute atomic E-state index is 0.108. The first-order chi connectivity index (χ1) is 9.69. The molecule has 116 valence electrons. The molecule has 0 amide bonds. The van der Waals surface area contributed by atoms with Crippen LogP contribution in [0.5, 0.6) is 0 Å². The van der Waals surface area contributed by atoms with E-state index in [9.17, 15) is 8.42 Å². The van der Waals surface area contributed by atoms with Gasteiger partial charge in [0.1, 0.15) is 21.4 Å². The minimum Gasteiger partial charge on any atom is -0.465 e. The van der Waals surface area contributed by atoms with E-state index in [0.29, 0.717) is 22.1 Å². The van der Waals surface area contributed by atoms with Crippen LogP contribution in [0.25, 0.3) is 0 Å². The highest BCUT2D eigenvalue weighted by Gasteiger charge is 2.34. The molecule has 2 rings (SSSR count). The molecule has 0 aromatic carbocycles. The van der Waals surface area contributed by atoms with E-state index in [1.807, 2.05) is 5.38 Å². The number of hydrogen-bond donors (Lipinski definition) is 2. The predicted molar refractivity (Wildman–Crippen MR) is 81.5 cm³/mol. The van der Waals surface area contributed by atoms with Crippen molar-refractivity contribution in [2.45, 2.75) is 44.7 Å². The third-order valence-electron chi connectivity index (χ3n) is 3.15. The highest BCUT2D eigenvalue weighted by Crippen LogP contribution is 2.30. The van der Waals surface area contributed by atoms with Gasteiger partial charge in [-0.2, -0.15) is 4.72 Å². The highest BCUT2D eigenvalue weighted by atomic mass is 32.2. The second kappa shape index (κ2) is 5.53. The molecule has 2 aromatic rings. The molecule has 0 saturated heterocycles. The Morgan fingerprint density at radius 3 is 2.57 bits per heavy atom. The average molecular weight is 329 g/mol. The van der Waals surface area contributed by atoms with Crippen LogP contribution in [-0.4, -0.2) is 13.4 Å². The number of rotatable bonds is 5. The first-order valence-corrected chi connectivity index (χ1v) is 8.78. The third-order valence-corrected chi connectivity index (χ3v) is 6.10. The molecule has 0 spiro atoms. The van der Waals surface area contributed by atoms with Crippen LogP contribution in [0.4, 0.5) is 0 Å². The second-order valence-electron chi connectivity index (χ2n) is 5.29. The summed E-state index contributed by atoms with van der Waals surface area (Å²) in [6.45, 7) is 6.98. The summed E-state index contributed by atoms with van der Waals surface area (Å²) in [4.78, 5) is 4.31. The number of nitrogens with one attached hydrogen (secondary N) is 1. The number of furan rings is 1. The first-order valence-electron chi connectivity index (χ1n) is 6.42. The van der Waals surface area contributed by atoms with Crippen LogP contribution < -0.4 is 10.5 Å². The molecular formula is C13H19N3O3S2. The molecule has 6 nitrogen and oxygen atoms in total. The van der Waals surface area contributed by atoms with Crippen molar-refractivity contribution in [2.24, 2.45) is 5.73 Å². The quantitative estimate of drug-likeness (QED) is 0.874. The van der Waals surface area contributed by atoms with Gasteiger partial charge in [0.25, 0.3) is 0 Å². The number of hydrogen-bond acceptors (Lipinski definition) is 6. The van der Waals surface area contributed by atoms with E-state index in [0.717, 1.165) is 0 Å². The molecule has 0 fully saturated rings. The smallest absolute Gasteiger partial charge is 0.245 e. The lowest BCUT2D eigenvalue weighted by Gasteiger charge is -2.23. The monoisotopic (exact) mass is 329 g/mol. The number of nitrogens with two attached hydrogens (primary N) is 1. The van der Waals surface area contributed by atoms with Crippen molar-refractivity contribution in [3.05, 3.63) is 33.7 Å². The molecule has 0 saturated carbocycles. The van der Waals surface area contributed by atoms with Crippen molar-refractivity contribution >= 4 is 21.4 Å². The molecule has 8 heteroatoms. The standard InChI is InChI=1S/C13H19N3O3S2/c1-8-10(7-14)11(9(2)19-8)21(17,18)16-13(3,4)12-15-5-6-20-12/h5-6,16H,7,14H2,1-4H3. The van der Waals surface area contributed by atoms with E-state index in [1.54, 1.807) is 33.9 Å². The summed E-state index contributed by atoms with van der Waals surface area (Å²) in [7, 11) is -3.75. The Morgan fingerprint density at radius 2 is 2.05 bits per heavy atom. The molecule has 0 aliphatic heterocycles. The normalized spacial score (nSPS) is 12.8. The van der Waals surface area contributed by atoms with Crippen LogP contribution in [0.2, 0.25) is 0 Å². The van der Waals surface area contributed by atoms with Gasteiger partial charge in [-0.05, 0) is 27.7 Å². The average Bonchev–Trinajstić information content (AvgIpc) is 2.95. The van der Waals surface area contributed by atoms with Gasteiger partial charge >= 0.3 is 0 Å². The van der Waals surface area contributed by atoms with Crippen LogP contribution in [0, 0.1) is 13.8 Å². The fraction of sp³-hybridized carbons (Fsp3) is 0.462. The van der Waals surface area contributed by atoms with Crippen molar-refractivity contribution in [2.75, 3.05) is 0 Å². The van der Waals surface area contributed by atoms with E-state index in [-0.39, 0.29) is 11.4 Å². The Bertz CT molecular complexity index is 731. The van der Waals surface area contributed by atoms with Gasteiger partial charge < -0.3 is 10.2 Å². The van der Waals surface area contributed by atoms with Gasteiger partial charge in [-0.25, -0.2) is 13.4 Å². The van der Waals surface area contributed by atoms with Gasteiger partial charge in [0.05, 0.1) is 5.54 Å². The zero-order chi connectivity index (χ0) is 15.8. The molecule has 2 heterocycles. The van der Waals surface area contributed by atoms with Gasteiger partial charge in [-0.15, -0.1) is 11.3 Å². The van der Waals surface area contributed by atoms with Crippen LogP contribution in [-0.2, 0) is 22.1 Å². The van der Waals surface area contributed by atoms with Crippen molar-refractivity contribution in [3.63, 3.8) is 0 Å². The number of thiazole rings is 1. The summed E-state index contributed by atoms with van der Waals surface area (Å²) in [5.74, 6) is 0.873. The van der Waals surface area contributed by atoms with Gasteiger partial charge in [-0.1, -0.05) is 0 Å². The van der Waals surface area contributed by atoms with Crippen LogP contribution in [0.1, 0.15) is 35.9 Å². The zero-order valence-corrected chi connectivity index (χ0v) is 14.1. The molecule has 0 radical (unpaired) electrons. The van der Waals surface area contributed by atoms with E-state index < -0.39 is 15.6 Å². The van der Waals surface area contributed by atoms with E-state index in [4.69, 9.17) is 10.2 Å². The summed E-state index contributed by atoms with van der Waals surface area (Å²) in [5, 5.41) is 2.50. The van der Waals surface area contributed by atoms with Gasteiger partial charge in [0.15, 0.2) is 0 Å². The molecule has 0 aliphatic carbocycles. The summed E-state index contributed by atoms with van der Waals surface area (Å²) < 4.78 is 33.5. The Balaban J connectivity index is 2.45. The van der Waals surface area contributed by atoms with E-state index >= 15 is 0 Å². The molecule has 3 N–H and O–H groups in total. The topological polar surface area (TPSA) is 98.2 Å². The SMILES string of the molecule is Cc1oc(C)c(S(=O)(=O)NC(C)(C)c2nccs2)c1CN. The van der Waals surface area contributed by atoms with Crippen LogP contribution in [0.3, 0.4) is 0 Å². The maximum atomic E-state index is 12.7. The van der Waals surface area contributed by atoms with Crippen LogP contribution in [0.15, 0.2) is 20.9 Å².